The third kappa shape index (κ3) is 4.39. The zero-order valence-corrected chi connectivity index (χ0v) is 16.3. The monoisotopic (exact) mass is 469 g/mol. The van der Waals surface area contributed by atoms with Crippen LogP contribution in [-0.2, 0) is 17.5 Å². The van der Waals surface area contributed by atoms with Crippen LogP contribution in [0.25, 0.3) is 5.69 Å². The van der Waals surface area contributed by atoms with Gasteiger partial charge >= 0.3 is 17.8 Å². The number of alkyl halides is 3. The first-order chi connectivity index (χ1) is 15.5. The zero-order chi connectivity index (χ0) is 24.5. The Balaban J connectivity index is 2.05. The highest BCUT2D eigenvalue weighted by Crippen LogP contribution is 2.28. The average molecular weight is 469 g/mol. The van der Waals surface area contributed by atoms with Crippen molar-refractivity contribution < 1.29 is 36.2 Å². The Morgan fingerprint density at radius 3 is 2.61 bits per heavy atom. The SMILES string of the molecule is COC(=O)c1coc(COc2cc(-n3c(=O)cc(C(F)(F)F)n(N)c3=O)c(F)cc2C#N)n1. The van der Waals surface area contributed by atoms with Crippen molar-refractivity contribution in [2.75, 3.05) is 13.0 Å². The second-order valence-corrected chi connectivity index (χ2v) is 6.17. The molecule has 0 amide bonds. The van der Waals surface area contributed by atoms with Crippen molar-refractivity contribution in [3.8, 4) is 17.5 Å². The molecule has 3 rings (SSSR count). The van der Waals surface area contributed by atoms with Gasteiger partial charge in [0.1, 0.15) is 23.9 Å². The number of hydrogen-bond acceptors (Lipinski definition) is 9. The quantitative estimate of drug-likeness (QED) is 0.328. The number of halogens is 4. The Morgan fingerprint density at radius 2 is 2.00 bits per heavy atom. The number of nitrogens with two attached hydrogens (primary N) is 1. The molecule has 15 heteroatoms. The molecule has 172 valence electrons. The lowest BCUT2D eigenvalue weighted by Gasteiger charge is -2.15. The highest BCUT2D eigenvalue weighted by atomic mass is 19.4. The van der Waals surface area contributed by atoms with Gasteiger partial charge in [-0.1, -0.05) is 0 Å². The minimum absolute atomic E-state index is 0.0146. The van der Waals surface area contributed by atoms with Crippen molar-refractivity contribution in [2.45, 2.75) is 12.8 Å². The molecule has 0 aliphatic rings. The molecule has 3 aromatic rings. The predicted octanol–water partition coefficient (Wildman–Crippen LogP) is 1.10. The zero-order valence-electron chi connectivity index (χ0n) is 16.3. The van der Waals surface area contributed by atoms with Gasteiger partial charge in [-0.2, -0.15) is 18.4 Å². The number of carbonyl (C=O) groups is 1. The number of nitrogen functional groups attached to an aromatic ring is 1. The highest BCUT2D eigenvalue weighted by molar-refractivity contribution is 5.86. The Hall–Kier alpha value is -4.61. The highest BCUT2D eigenvalue weighted by Gasteiger charge is 2.36. The third-order valence-electron chi connectivity index (χ3n) is 4.14. The molecule has 0 bridgehead atoms. The fourth-order valence-corrected chi connectivity index (χ4v) is 2.63. The Labute approximate surface area is 179 Å². The molecule has 0 spiro atoms. The average Bonchev–Trinajstić information content (AvgIpc) is 3.23. The van der Waals surface area contributed by atoms with Crippen LogP contribution in [0.4, 0.5) is 17.6 Å². The maximum atomic E-state index is 14.6. The third-order valence-corrected chi connectivity index (χ3v) is 4.14. The Bertz CT molecular complexity index is 1400. The first-order valence-corrected chi connectivity index (χ1v) is 8.58. The summed E-state index contributed by atoms with van der Waals surface area (Å²) in [7, 11) is 1.12. The summed E-state index contributed by atoms with van der Waals surface area (Å²) in [4.78, 5) is 39.7. The smallest absolute Gasteiger partial charge is 0.433 e. The topological polar surface area (TPSA) is 155 Å². The molecular weight excluding hydrogens is 458 g/mol. The molecule has 0 saturated heterocycles. The van der Waals surface area contributed by atoms with Crippen molar-refractivity contribution in [1.82, 2.24) is 14.2 Å². The van der Waals surface area contributed by atoms with Gasteiger partial charge in [0.15, 0.2) is 18.0 Å². The summed E-state index contributed by atoms with van der Waals surface area (Å²) < 4.78 is 67.9. The molecular formula is C18H11F4N5O6. The van der Waals surface area contributed by atoms with Gasteiger partial charge in [0.25, 0.3) is 5.56 Å². The number of methoxy groups -OCH3 is 1. The van der Waals surface area contributed by atoms with Gasteiger partial charge in [0, 0.05) is 12.1 Å². The van der Waals surface area contributed by atoms with Crippen LogP contribution in [0.1, 0.15) is 27.6 Å². The van der Waals surface area contributed by atoms with Crippen LogP contribution in [-0.4, -0.2) is 27.3 Å². The summed E-state index contributed by atoms with van der Waals surface area (Å²) >= 11 is 0. The summed E-state index contributed by atoms with van der Waals surface area (Å²) in [5.41, 5.74) is -6.36. The number of carbonyl (C=O) groups excluding carboxylic acids is 1. The van der Waals surface area contributed by atoms with Gasteiger partial charge in [0.2, 0.25) is 5.89 Å². The number of aromatic nitrogens is 3. The number of esters is 1. The molecule has 0 aliphatic carbocycles. The van der Waals surface area contributed by atoms with E-state index in [1.54, 1.807) is 6.07 Å². The van der Waals surface area contributed by atoms with Crippen molar-refractivity contribution in [2.24, 2.45) is 0 Å². The van der Waals surface area contributed by atoms with E-state index in [4.69, 9.17) is 15.0 Å². The molecule has 0 saturated carbocycles. The number of nitrogens with zero attached hydrogens (tertiary/aromatic N) is 4. The number of rotatable bonds is 5. The van der Waals surface area contributed by atoms with E-state index in [9.17, 15) is 37.2 Å². The molecule has 0 atom stereocenters. The maximum absolute atomic E-state index is 14.6. The van der Waals surface area contributed by atoms with Gasteiger partial charge in [-0.3, -0.25) is 4.79 Å². The van der Waals surface area contributed by atoms with Gasteiger partial charge in [0.05, 0.1) is 18.4 Å². The van der Waals surface area contributed by atoms with Crippen LogP contribution in [0.2, 0.25) is 0 Å². The van der Waals surface area contributed by atoms with E-state index in [-0.39, 0.29) is 38.2 Å². The molecule has 0 unspecified atom stereocenters. The second kappa shape index (κ2) is 8.49. The summed E-state index contributed by atoms with van der Waals surface area (Å²) in [5, 5.41) is 9.21. The van der Waals surface area contributed by atoms with Crippen molar-refractivity contribution in [3.63, 3.8) is 0 Å². The van der Waals surface area contributed by atoms with E-state index in [1.165, 1.54) is 0 Å². The molecule has 0 aliphatic heterocycles. The van der Waals surface area contributed by atoms with Crippen LogP contribution in [0.15, 0.2) is 38.5 Å². The van der Waals surface area contributed by atoms with Crippen LogP contribution >= 0.6 is 0 Å². The number of hydrogen-bond donors (Lipinski definition) is 1. The fourth-order valence-electron chi connectivity index (χ4n) is 2.63. The van der Waals surface area contributed by atoms with E-state index < -0.39 is 47.2 Å². The van der Waals surface area contributed by atoms with Crippen LogP contribution in [0.5, 0.6) is 5.75 Å². The van der Waals surface area contributed by atoms with Crippen LogP contribution in [0, 0.1) is 17.1 Å². The minimum atomic E-state index is -5.12. The molecule has 33 heavy (non-hydrogen) atoms. The normalized spacial score (nSPS) is 11.2. The molecule has 2 aromatic heterocycles. The molecule has 2 N–H and O–H groups in total. The lowest BCUT2D eigenvalue weighted by Crippen LogP contribution is -2.45. The second-order valence-electron chi connectivity index (χ2n) is 6.17. The van der Waals surface area contributed by atoms with Crippen LogP contribution < -0.4 is 21.8 Å². The van der Waals surface area contributed by atoms with Crippen molar-refractivity contribution >= 4 is 5.97 Å². The molecule has 0 radical (unpaired) electrons. The van der Waals surface area contributed by atoms with Gasteiger partial charge in [-0.15, -0.1) is 0 Å². The maximum Gasteiger partial charge on any atom is 0.433 e. The van der Waals surface area contributed by atoms with E-state index in [1.807, 2.05) is 0 Å². The number of benzene rings is 1. The van der Waals surface area contributed by atoms with Crippen LogP contribution in [0.3, 0.4) is 0 Å². The number of oxazole rings is 1. The van der Waals surface area contributed by atoms with Gasteiger partial charge < -0.3 is 19.7 Å². The molecule has 11 nitrogen and oxygen atoms in total. The first kappa shape index (κ1) is 23.1. The molecule has 1 aromatic carbocycles. The Kier molecular flexibility index (Phi) is 5.94. The van der Waals surface area contributed by atoms with E-state index in [0.29, 0.717) is 6.07 Å². The standard InChI is InChI=1S/C18H11F4N5O6/c1-31-16(29)10-6-33-14(25-10)7-32-12-3-11(9(19)2-8(12)5-23)26-15(28)4-13(18(20,21)22)27(24)17(26)30/h2-4,6H,7,24H2,1H3. The molecule has 0 fully saturated rings. The largest absolute Gasteiger partial charge is 0.482 e. The lowest BCUT2D eigenvalue weighted by atomic mass is 10.2. The van der Waals surface area contributed by atoms with E-state index in [2.05, 4.69) is 9.72 Å². The Morgan fingerprint density at radius 1 is 1.30 bits per heavy atom. The summed E-state index contributed by atoms with van der Waals surface area (Å²) in [6.07, 6.45) is -4.15. The first-order valence-electron chi connectivity index (χ1n) is 8.58. The van der Waals surface area contributed by atoms with Crippen molar-refractivity contribution in [3.05, 3.63) is 74.0 Å². The lowest BCUT2D eigenvalue weighted by molar-refractivity contribution is -0.143. The minimum Gasteiger partial charge on any atom is -0.482 e. The number of ether oxygens (including phenoxy) is 2. The summed E-state index contributed by atoms with van der Waals surface area (Å²) in [5.74, 6) is 2.54. The summed E-state index contributed by atoms with van der Waals surface area (Å²) in [6.45, 7) is -0.486. The predicted molar refractivity (Wildman–Crippen MR) is 98.3 cm³/mol. The summed E-state index contributed by atoms with van der Waals surface area (Å²) in [6, 6.07) is 2.98. The number of nitriles is 1. The van der Waals surface area contributed by atoms with E-state index >= 15 is 0 Å². The van der Waals surface area contributed by atoms with E-state index in [0.717, 1.165) is 19.4 Å². The van der Waals surface area contributed by atoms with Gasteiger partial charge in [-0.25, -0.2) is 28.2 Å². The van der Waals surface area contributed by atoms with Crippen molar-refractivity contribution in [1.29, 1.82) is 5.26 Å². The molecule has 2 heterocycles. The fraction of sp³-hybridized carbons (Fsp3) is 0.167. The van der Waals surface area contributed by atoms with Gasteiger partial charge in [-0.05, 0) is 6.07 Å².